The zero-order valence-electron chi connectivity index (χ0n) is 18.3. The Labute approximate surface area is 199 Å². The number of likely N-dealkylation sites (N-methyl/N-ethyl adjacent to an activating group) is 2. The summed E-state index contributed by atoms with van der Waals surface area (Å²) in [7, 11) is 5.05. The highest BCUT2D eigenvalue weighted by atomic mass is 35.5. The molecule has 0 aliphatic carbocycles. The van der Waals surface area contributed by atoms with Crippen LogP contribution in [0.5, 0.6) is 0 Å². The van der Waals surface area contributed by atoms with E-state index in [0.717, 1.165) is 23.5 Å². The number of amides is 4. The van der Waals surface area contributed by atoms with E-state index in [1.165, 1.54) is 48.7 Å². The second-order valence-corrected chi connectivity index (χ2v) is 9.18. The van der Waals surface area contributed by atoms with Gasteiger partial charge in [-0.05, 0) is 19.2 Å². The van der Waals surface area contributed by atoms with Crippen LogP contribution in [-0.4, -0.2) is 83.7 Å². The minimum absolute atomic E-state index is 0.146. The number of rotatable bonds is 6. The van der Waals surface area contributed by atoms with Crippen LogP contribution < -0.4 is 16.0 Å². The van der Waals surface area contributed by atoms with Crippen molar-refractivity contribution in [1.82, 2.24) is 30.4 Å². The number of fused-ring (bicyclic) bond motifs is 1. The average molecular weight is 494 g/mol. The fraction of sp³-hybridized carbons (Fsp3) is 0.400. The average Bonchev–Trinajstić information content (AvgIpc) is 3.20. The topological polar surface area (TPSA) is 137 Å². The van der Waals surface area contributed by atoms with E-state index in [-0.39, 0.29) is 17.4 Å². The smallest absolute Gasteiger partial charge is 0.314 e. The first-order valence-electron chi connectivity index (χ1n) is 10.0. The Morgan fingerprint density at radius 2 is 2.00 bits per heavy atom. The number of aromatic nitrogens is 2. The van der Waals surface area contributed by atoms with Gasteiger partial charge in [0.15, 0.2) is 5.01 Å². The highest BCUT2D eigenvalue weighted by molar-refractivity contribution is 7.13. The van der Waals surface area contributed by atoms with Gasteiger partial charge in [-0.25, -0.2) is 9.97 Å². The first-order chi connectivity index (χ1) is 15.6. The third-order valence-electron chi connectivity index (χ3n) is 4.80. The fourth-order valence-electron chi connectivity index (χ4n) is 3.05. The molecule has 33 heavy (non-hydrogen) atoms. The SMILES string of the molecule is CN1CCc2nc(C(=O)N[C@H](CNC(=O)C(=O)Nc3ccc(Cl)cn3)C(=O)N(C)C)sc2C1. The molecule has 0 saturated carbocycles. The lowest BCUT2D eigenvalue weighted by molar-refractivity contribution is -0.136. The maximum atomic E-state index is 12.8. The summed E-state index contributed by atoms with van der Waals surface area (Å²) >= 11 is 7.02. The number of thiazole rings is 1. The molecule has 2 aromatic rings. The quantitative estimate of drug-likeness (QED) is 0.486. The van der Waals surface area contributed by atoms with Crippen LogP contribution >= 0.6 is 22.9 Å². The second kappa shape index (κ2) is 10.7. The van der Waals surface area contributed by atoms with Gasteiger partial charge in [-0.15, -0.1) is 11.3 Å². The zero-order valence-corrected chi connectivity index (χ0v) is 19.9. The Morgan fingerprint density at radius 1 is 1.24 bits per heavy atom. The van der Waals surface area contributed by atoms with Crippen molar-refractivity contribution in [2.45, 2.75) is 19.0 Å². The third-order valence-corrected chi connectivity index (χ3v) is 6.11. The predicted octanol–water partition coefficient (Wildman–Crippen LogP) is 0.121. The van der Waals surface area contributed by atoms with Crippen LogP contribution in [0.1, 0.15) is 20.4 Å². The predicted molar refractivity (Wildman–Crippen MR) is 123 cm³/mol. The summed E-state index contributed by atoms with van der Waals surface area (Å²) in [6.07, 6.45) is 2.08. The van der Waals surface area contributed by atoms with E-state index < -0.39 is 29.7 Å². The van der Waals surface area contributed by atoms with E-state index in [9.17, 15) is 19.2 Å². The van der Waals surface area contributed by atoms with Crippen LogP contribution in [0.15, 0.2) is 18.3 Å². The maximum Gasteiger partial charge on any atom is 0.314 e. The molecule has 2 aromatic heterocycles. The summed E-state index contributed by atoms with van der Waals surface area (Å²) in [6.45, 7) is 1.30. The lowest BCUT2D eigenvalue weighted by Gasteiger charge is -2.21. The molecule has 0 bridgehead atoms. The number of nitrogens with zero attached hydrogens (tertiary/aromatic N) is 4. The van der Waals surface area contributed by atoms with Gasteiger partial charge in [0.25, 0.3) is 5.91 Å². The molecule has 11 nitrogen and oxygen atoms in total. The normalized spacial score (nSPS) is 14.1. The molecule has 0 saturated heterocycles. The molecule has 0 unspecified atom stereocenters. The maximum absolute atomic E-state index is 12.8. The lowest BCUT2D eigenvalue weighted by Crippen LogP contribution is -2.53. The number of carbonyl (C=O) groups is 4. The Balaban J connectivity index is 1.62. The molecule has 3 N–H and O–H groups in total. The van der Waals surface area contributed by atoms with Gasteiger partial charge in [0.05, 0.1) is 10.7 Å². The zero-order chi connectivity index (χ0) is 24.1. The highest BCUT2D eigenvalue weighted by Gasteiger charge is 2.27. The summed E-state index contributed by atoms with van der Waals surface area (Å²) in [5.41, 5.74) is 0.888. The summed E-state index contributed by atoms with van der Waals surface area (Å²) in [5.74, 6) is -2.76. The molecule has 176 valence electrons. The van der Waals surface area contributed by atoms with Crippen LogP contribution in [-0.2, 0) is 27.3 Å². The summed E-state index contributed by atoms with van der Waals surface area (Å²) in [4.78, 5) is 62.4. The van der Waals surface area contributed by atoms with E-state index in [0.29, 0.717) is 11.6 Å². The standard InChI is InChI=1S/C20H24ClN7O4S/c1-27(2)20(32)13(9-23-16(29)17(30)26-15-5-4-11(21)8-22-15)24-18(31)19-25-12-6-7-28(3)10-14(12)33-19/h4-5,8,13H,6-7,9-10H2,1-3H3,(H,23,29)(H,24,31)(H,22,26,30)/t13-/m1/s1. The van der Waals surface area contributed by atoms with Crippen molar-refractivity contribution in [3.8, 4) is 0 Å². The molecule has 1 aliphatic heterocycles. The van der Waals surface area contributed by atoms with Gasteiger partial charge < -0.3 is 25.8 Å². The van der Waals surface area contributed by atoms with E-state index >= 15 is 0 Å². The molecule has 0 fully saturated rings. The van der Waals surface area contributed by atoms with Crippen molar-refractivity contribution in [2.75, 3.05) is 39.5 Å². The summed E-state index contributed by atoms with van der Waals surface area (Å²) < 4.78 is 0. The summed E-state index contributed by atoms with van der Waals surface area (Å²) in [6, 6.07) is 1.87. The van der Waals surface area contributed by atoms with Crippen molar-refractivity contribution in [2.24, 2.45) is 0 Å². The molecule has 0 spiro atoms. The van der Waals surface area contributed by atoms with Crippen LogP contribution in [0, 0.1) is 0 Å². The van der Waals surface area contributed by atoms with E-state index in [1.54, 1.807) is 0 Å². The van der Waals surface area contributed by atoms with Gasteiger partial charge in [-0.3, -0.25) is 19.2 Å². The lowest BCUT2D eigenvalue weighted by atomic mass is 10.2. The van der Waals surface area contributed by atoms with E-state index in [2.05, 4.69) is 30.8 Å². The number of carbonyl (C=O) groups excluding carboxylic acids is 4. The number of halogens is 1. The van der Waals surface area contributed by atoms with Crippen LogP contribution in [0.25, 0.3) is 0 Å². The highest BCUT2D eigenvalue weighted by Crippen LogP contribution is 2.24. The Hall–Kier alpha value is -3.09. The Bertz CT molecular complexity index is 1060. The Morgan fingerprint density at radius 3 is 2.67 bits per heavy atom. The molecular weight excluding hydrogens is 470 g/mol. The molecule has 0 aromatic carbocycles. The van der Waals surface area contributed by atoms with E-state index in [1.807, 2.05) is 7.05 Å². The van der Waals surface area contributed by atoms with Crippen molar-refractivity contribution < 1.29 is 19.2 Å². The fourth-order valence-corrected chi connectivity index (χ4v) is 4.25. The molecule has 1 atom stereocenters. The first-order valence-corrected chi connectivity index (χ1v) is 11.2. The molecule has 1 aliphatic rings. The van der Waals surface area contributed by atoms with Crippen LogP contribution in [0.4, 0.5) is 5.82 Å². The van der Waals surface area contributed by atoms with Gasteiger partial charge in [-0.2, -0.15) is 0 Å². The molecule has 0 radical (unpaired) electrons. The molecular formula is C20H24ClN7O4S. The Kier molecular flexibility index (Phi) is 7.95. The summed E-state index contributed by atoms with van der Waals surface area (Å²) in [5, 5.41) is 7.95. The molecule has 4 amide bonds. The van der Waals surface area contributed by atoms with Crippen LogP contribution in [0.2, 0.25) is 5.02 Å². The number of pyridine rings is 1. The number of anilines is 1. The number of nitrogens with one attached hydrogen (secondary N) is 3. The molecule has 3 rings (SSSR count). The first kappa shape index (κ1) is 24.6. The molecule has 13 heteroatoms. The number of hydrogen-bond donors (Lipinski definition) is 3. The van der Waals surface area contributed by atoms with Gasteiger partial charge in [0.1, 0.15) is 11.9 Å². The van der Waals surface area contributed by atoms with Crippen molar-refractivity contribution >= 4 is 52.4 Å². The van der Waals surface area contributed by atoms with E-state index in [4.69, 9.17) is 11.6 Å². The second-order valence-electron chi connectivity index (χ2n) is 7.66. The van der Waals surface area contributed by atoms with Crippen molar-refractivity contribution in [1.29, 1.82) is 0 Å². The van der Waals surface area contributed by atoms with Crippen LogP contribution in [0.3, 0.4) is 0 Å². The third kappa shape index (κ3) is 6.46. The minimum atomic E-state index is -1.08. The van der Waals surface area contributed by atoms with Gasteiger partial charge in [0.2, 0.25) is 5.91 Å². The largest absolute Gasteiger partial charge is 0.347 e. The van der Waals surface area contributed by atoms with Gasteiger partial charge >= 0.3 is 11.8 Å². The number of hydrogen-bond acceptors (Lipinski definition) is 8. The van der Waals surface area contributed by atoms with Crippen molar-refractivity contribution in [3.05, 3.63) is 38.9 Å². The van der Waals surface area contributed by atoms with Gasteiger partial charge in [0, 0.05) is 51.2 Å². The minimum Gasteiger partial charge on any atom is -0.347 e. The van der Waals surface area contributed by atoms with Crippen molar-refractivity contribution in [3.63, 3.8) is 0 Å². The molecule has 3 heterocycles. The monoisotopic (exact) mass is 493 g/mol. The van der Waals surface area contributed by atoms with Gasteiger partial charge in [-0.1, -0.05) is 11.6 Å².